The van der Waals surface area contributed by atoms with Gasteiger partial charge in [-0.05, 0) is 43.4 Å². The molecule has 0 N–H and O–H groups in total. The second-order valence-electron chi connectivity index (χ2n) is 7.26. The molecule has 5 heteroatoms. The number of piperazine rings is 1. The van der Waals surface area contributed by atoms with Crippen molar-refractivity contribution in [1.82, 2.24) is 9.80 Å². The van der Waals surface area contributed by atoms with Gasteiger partial charge in [-0.1, -0.05) is 23.7 Å². The number of carbonyl (C=O) groups is 2. The van der Waals surface area contributed by atoms with E-state index in [1.165, 1.54) is 0 Å². The first-order valence-electron chi connectivity index (χ1n) is 8.33. The third-order valence-corrected chi connectivity index (χ3v) is 5.82. The van der Waals surface area contributed by atoms with Crippen LogP contribution in [0.2, 0.25) is 5.02 Å². The number of hydrogen-bond donors (Lipinski definition) is 0. The Balaban J connectivity index is 1.36. The van der Waals surface area contributed by atoms with Gasteiger partial charge >= 0.3 is 0 Å². The van der Waals surface area contributed by atoms with Crippen LogP contribution in [0.5, 0.6) is 0 Å². The molecule has 0 radical (unpaired) electrons. The SMILES string of the molecule is CC1CN(C(=O)C23CC2C3)CCN1C(=O)Cc1cccc(Cl)c1. The predicted molar refractivity (Wildman–Crippen MR) is 88.1 cm³/mol. The molecule has 2 aliphatic carbocycles. The minimum absolute atomic E-state index is 0.0344. The van der Waals surface area contributed by atoms with E-state index in [1.807, 2.05) is 41.0 Å². The molecule has 1 aromatic rings. The number of benzene rings is 1. The summed E-state index contributed by atoms with van der Waals surface area (Å²) in [4.78, 5) is 28.9. The van der Waals surface area contributed by atoms with Gasteiger partial charge in [0.1, 0.15) is 0 Å². The number of hydrogen-bond acceptors (Lipinski definition) is 2. The number of halogens is 1. The zero-order chi connectivity index (χ0) is 16.2. The van der Waals surface area contributed by atoms with Crippen LogP contribution in [0.25, 0.3) is 0 Å². The van der Waals surface area contributed by atoms with Crippen molar-refractivity contribution in [2.24, 2.45) is 11.3 Å². The Labute approximate surface area is 141 Å². The fourth-order valence-electron chi connectivity index (χ4n) is 3.80. The summed E-state index contributed by atoms with van der Waals surface area (Å²) in [5, 5.41) is 0.654. The van der Waals surface area contributed by atoms with E-state index in [0.29, 0.717) is 42.9 Å². The molecular weight excluding hydrogens is 312 g/mol. The first kappa shape index (κ1) is 15.0. The van der Waals surface area contributed by atoms with E-state index in [1.54, 1.807) is 0 Å². The van der Waals surface area contributed by atoms with Gasteiger partial charge in [-0.25, -0.2) is 0 Å². The van der Waals surface area contributed by atoms with Gasteiger partial charge in [0.05, 0.1) is 11.8 Å². The van der Waals surface area contributed by atoms with Crippen molar-refractivity contribution in [3.05, 3.63) is 34.9 Å². The summed E-state index contributed by atoms with van der Waals surface area (Å²) < 4.78 is 0. The largest absolute Gasteiger partial charge is 0.338 e. The lowest BCUT2D eigenvalue weighted by atomic mass is 10.1. The van der Waals surface area contributed by atoms with Gasteiger partial charge in [0.2, 0.25) is 11.8 Å². The van der Waals surface area contributed by atoms with Crippen molar-refractivity contribution in [3.63, 3.8) is 0 Å². The molecule has 3 aliphatic rings. The van der Waals surface area contributed by atoms with E-state index in [9.17, 15) is 9.59 Å². The van der Waals surface area contributed by atoms with Crippen molar-refractivity contribution in [1.29, 1.82) is 0 Å². The van der Waals surface area contributed by atoms with Crippen molar-refractivity contribution >= 4 is 23.4 Å². The summed E-state index contributed by atoms with van der Waals surface area (Å²) in [7, 11) is 0. The number of carbonyl (C=O) groups excluding carboxylic acids is 2. The van der Waals surface area contributed by atoms with Crippen molar-refractivity contribution in [2.75, 3.05) is 19.6 Å². The molecule has 0 aromatic heterocycles. The second-order valence-corrected chi connectivity index (χ2v) is 7.69. The summed E-state index contributed by atoms with van der Waals surface area (Å²) >= 11 is 5.98. The standard InChI is InChI=1S/C18H21ClN2O2/c1-12-11-20(17(23)18-9-14(18)10-18)5-6-21(12)16(22)8-13-3-2-4-15(19)7-13/h2-4,7,12,14H,5-6,8-11H2,1H3. The summed E-state index contributed by atoms with van der Waals surface area (Å²) in [6.45, 7) is 3.99. The summed E-state index contributed by atoms with van der Waals surface area (Å²) in [5.74, 6) is 1.12. The molecule has 1 unspecified atom stereocenters. The Kier molecular flexibility index (Phi) is 3.41. The monoisotopic (exact) mass is 332 g/mol. The van der Waals surface area contributed by atoms with E-state index in [0.717, 1.165) is 18.4 Å². The lowest BCUT2D eigenvalue weighted by Gasteiger charge is -2.40. The Morgan fingerprint density at radius 2 is 2.04 bits per heavy atom. The molecule has 3 fully saturated rings. The van der Waals surface area contributed by atoms with E-state index in [-0.39, 0.29) is 17.4 Å². The summed E-state index contributed by atoms with van der Waals surface area (Å²) in [5.41, 5.74) is 0.970. The molecule has 4 rings (SSSR count). The van der Waals surface area contributed by atoms with Gasteiger partial charge in [-0.2, -0.15) is 0 Å². The van der Waals surface area contributed by atoms with Gasteiger partial charge in [-0.3, -0.25) is 9.59 Å². The van der Waals surface area contributed by atoms with Crippen LogP contribution >= 0.6 is 11.6 Å². The topological polar surface area (TPSA) is 40.6 Å². The fraction of sp³-hybridized carbons (Fsp3) is 0.556. The highest BCUT2D eigenvalue weighted by Crippen LogP contribution is 2.76. The molecule has 0 spiro atoms. The maximum absolute atomic E-state index is 12.6. The van der Waals surface area contributed by atoms with Crippen LogP contribution < -0.4 is 0 Å². The average Bonchev–Trinajstić information content (AvgIpc) is 3.36. The van der Waals surface area contributed by atoms with Crippen LogP contribution in [0, 0.1) is 11.3 Å². The first-order valence-corrected chi connectivity index (χ1v) is 8.71. The zero-order valence-corrected chi connectivity index (χ0v) is 14.1. The van der Waals surface area contributed by atoms with E-state index in [4.69, 9.17) is 11.6 Å². The van der Waals surface area contributed by atoms with Crippen molar-refractivity contribution in [2.45, 2.75) is 32.2 Å². The van der Waals surface area contributed by atoms with Crippen LogP contribution in [0.15, 0.2) is 24.3 Å². The molecule has 1 aromatic carbocycles. The van der Waals surface area contributed by atoms with Crippen molar-refractivity contribution in [3.8, 4) is 0 Å². The molecule has 122 valence electrons. The Morgan fingerprint density at radius 3 is 2.65 bits per heavy atom. The van der Waals surface area contributed by atoms with Gasteiger partial charge in [0.25, 0.3) is 0 Å². The number of amides is 2. The number of rotatable bonds is 3. The van der Waals surface area contributed by atoms with E-state index >= 15 is 0 Å². The highest BCUT2D eigenvalue weighted by Gasteiger charge is 2.75. The third-order valence-electron chi connectivity index (χ3n) is 5.59. The summed E-state index contributed by atoms with van der Waals surface area (Å²) in [6, 6.07) is 7.51. The molecule has 2 amide bonds. The summed E-state index contributed by atoms with van der Waals surface area (Å²) in [6.07, 6.45) is 2.55. The highest BCUT2D eigenvalue weighted by molar-refractivity contribution is 6.30. The lowest BCUT2D eigenvalue weighted by Crippen LogP contribution is -2.56. The zero-order valence-electron chi connectivity index (χ0n) is 13.3. The molecule has 0 bridgehead atoms. The van der Waals surface area contributed by atoms with Crippen molar-refractivity contribution < 1.29 is 9.59 Å². The second kappa shape index (κ2) is 5.23. The normalized spacial score (nSPS) is 31.6. The highest BCUT2D eigenvalue weighted by atomic mass is 35.5. The van der Waals surface area contributed by atoms with Gasteiger partial charge in [0, 0.05) is 30.7 Å². The van der Waals surface area contributed by atoms with Crippen LogP contribution in [0.1, 0.15) is 25.3 Å². The maximum Gasteiger partial charge on any atom is 0.229 e. The quantitative estimate of drug-likeness (QED) is 0.852. The number of nitrogens with zero attached hydrogens (tertiary/aromatic N) is 2. The van der Waals surface area contributed by atoms with Crippen LogP contribution in [0.3, 0.4) is 0 Å². The Bertz CT molecular complexity index is 669. The molecule has 1 aliphatic heterocycles. The molecule has 1 atom stereocenters. The lowest BCUT2D eigenvalue weighted by molar-refractivity contribution is -0.144. The number of fused-ring (bicyclic) bond motifs is 1. The minimum Gasteiger partial charge on any atom is -0.338 e. The van der Waals surface area contributed by atoms with Crippen LogP contribution in [-0.2, 0) is 16.0 Å². The van der Waals surface area contributed by atoms with Gasteiger partial charge in [0.15, 0.2) is 0 Å². The van der Waals surface area contributed by atoms with Crippen LogP contribution in [-0.4, -0.2) is 47.3 Å². The van der Waals surface area contributed by atoms with Crippen LogP contribution in [0.4, 0.5) is 0 Å². The molecule has 2 saturated carbocycles. The fourth-order valence-corrected chi connectivity index (χ4v) is 4.01. The third kappa shape index (κ3) is 2.63. The smallest absolute Gasteiger partial charge is 0.229 e. The first-order chi connectivity index (χ1) is 11.0. The molecule has 1 heterocycles. The molecule has 4 nitrogen and oxygen atoms in total. The molecule has 23 heavy (non-hydrogen) atoms. The van der Waals surface area contributed by atoms with Gasteiger partial charge < -0.3 is 9.80 Å². The Morgan fingerprint density at radius 1 is 1.30 bits per heavy atom. The molecular formula is C18H21ClN2O2. The van der Waals surface area contributed by atoms with E-state index < -0.39 is 0 Å². The Hall–Kier alpha value is -1.55. The minimum atomic E-state index is 0.0344. The molecule has 1 saturated heterocycles. The predicted octanol–water partition coefficient (Wildman–Crippen LogP) is 2.35. The van der Waals surface area contributed by atoms with Gasteiger partial charge in [-0.15, -0.1) is 0 Å². The average molecular weight is 333 g/mol. The maximum atomic E-state index is 12.6. The van der Waals surface area contributed by atoms with E-state index in [2.05, 4.69) is 0 Å².